The van der Waals surface area contributed by atoms with Crippen molar-refractivity contribution in [3.05, 3.63) is 53.6 Å². The third-order valence-electron chi connectivity index (χ3n) is 4.78. The molecule has 1 heterocycles. The smallest absolute Gasteiger partial charge is 0.243 e. The van der Waals surface area contributed by atoms with E-state index in [0.29, 0.717) is 24.3 Å². The molecule has 0 atom stereocenters. The number of sulfonamides is 1. The zero-order chi connectivity index (χ0) is 21.0. The highest BCUT2D eigenvalue weighted by molar-refractivity contribution is 7.89. The topological polar surface area (TPSA) is 78.5 Å². The van der Waals surface area contributed by atoms with Crippen LogP contribution in [0.4, 0.5) is 20.2 Å². The van der Waals surface area contributed by atoms with Gasteiger partial charge >= 0.3 is 0 Å². The summed E-state index contributed by atoms with van der Waals surface area (Å²) in [6.45, 7) is 2.49. The van der Waals surface area contributed by atoms with Crippen LogP contribution in [0.2, 0.25) is 0 Å². The molecule has 0 unspecified atom stereocenters. The first kappa shape index (κ1) is 21.2. The fourth-order valence-corrected chi connectivity index (χ4v) is 4.97. The molecule has 1 amide bonds. The first-order chi connectivity index (χ1) is 13.8. The number of hydrogen-bond donors (Lipinski definition) is 2. The van der Waals surface area contributed by atoms with Gasteiger partial charge in [-0.15, -0.1) is 0 Å². The van der Waals surface area contributed by atoms with Gasteiger partial charge in [0.1, 0.15) is 11.6 Å². The fourth-order valence-electron chi connectivity index (χ4n) is 3.20. The Hall–Kier alpha value is -2.52. The van der Waals surface area contributed by atoms with Crippen LogP contribution in [0.25, 0.3) is 0 Å². The van der Waals surface area contributed by atoms with Crippen molar-refractivity contribution in [3.8, 4) is 0 Å². The molecule has 2 aromatic rings. The third kappa shape index (κ3) is 5.10. The number of aryl methyl sites for hydroxylation is 1. The molecule has 1 fully saturated rings. The van der Waals surface area contributed by atoms with E-state index >= 15 is 0 Å². The molecule has 156 valence electrons. The minimum Gasteiger partial charge on any atom is -0.376 e. The highest BCUT2D eigenvalue weighted by Crippen LogP contribution is 2.26. The van der Waals surface area contributed by atoms with Gasteiger partial charge in [0, 0.05) is 24.8 Å². The number of amides is 1. The zero-order valence-corrected chi connectivity index (χ0v) is 16.9. The molecule has 1 aliphatic heterocycles. The van der Waals surface area contributed by atoms with Crippen LogP contribution in [0.5, 0.6) is 0 Å². The van der Waals surface area contributed by atoms with Gasteiger partial charge in [-0.05, 0) is 49.6 Å². The lowest BCUT2D eigenvalue weighted by Gasteiger charge is -2.26. The van der Waals surface area contributed by atoms with Crippen molar-refractivity contribution in [1.82, 2.24) is 4.31 Å². The van der Waals surface area contributed by atoms with Crippen molar-refractivity contribution in [3.63, 3.8) is 0 Å². The van der Waals surface area contributed by atoms with E-state index in [-0.39, 0.29) is 17.1 Å². The first-order valence-electron chi connectivity index (χ1n) is 9.37. The van der Waals surface area contributed by atoms with Gasteiger partial charge in [-0.2, -0.15) is 4.31 Å². The lowest BCUT2D eigenvalue weighted by molar-refractivity contribution is -0.114. The molecule has 2 aromatic carbocycles. The van der Waals surface area contributed by atoms with Crippen LogP contribution >= 0.6 is 0 Å². The lowest BCUT2D eigenvalue weighted by Crippen LogP contribution is -2.36. The van der Waals surface area contributed by atoms with Crippen molar-refractivity contribution in [2.75, 3.05) is 30.3 Å². The van der Waals surface area contributed by atoms with Crippen LogP contribution < -0.4 is 10.6 Å². The second-order valence-electron chi connectivity index (χ2n) is 6.97. The summed E-state index contributed by atoms with van der Waals surface area (Å²) >= 11 is 0. The van der Waals surface area contributed by atoms with Crippen molar-refractivity contribution in [1.29, 1.82) is 0 Å². The molecule has 0 aromatic heterocycles. The summed E-state index contributed by atoms with van der Waals surface area (Å²) in [7, 11) is -3.61. The van der Waals surface area contributed by atoms with E-state index in [1.165, 1.54) is 10.4 Å². The lowest BCUT2D eigenvalue weighted by atomic mass is 10.2. The highest BCUT2D eigenvalue weighted by Gasteiger charge is 2.27. The van der Waals surface area contributed by atoms with E-state index < -0.39 is 27.6 Å². The summed E-state index contributed by atoms with van der Waals surface area (Å²) in [5, 5.41) is 5.12. The molecule has 9 heteroatoms. The number of nitrogens with one attached hydrogen (secondary N) is 2. The van der Waals surface area contributed by atoms with Gasteiger partial charge in [-0.25, -0.2) is 17.2 Å². The Balaban J connectivity index is 1.69. The SMILES string of the molecule is Cc1ccc(NCC(=O)Nc2cc(F)ccc2F)cc1S(=O)(=O)N1CCCCC1. The number of hydrogen-bond acceptors (Lipinski definition) is 4. The summed E-state index contributed by atoms with van der Waals surface area (Å²) in [5.74, 6) is -2.00. The number of rotatable bonds is 6. The summed E-state index contributed by atoms with van der Waals surface area (Å²) < 4.78 is 54.2. The maximum atomic E-state index is 13.6. The number of carbonyl (C=O) groups excluding carboxylic acids is 1. The average molecular weight is 423 g/mol. The van der Waals surface area contributed by atoms with Crippen LogP contribution in [0.3, 0.4) is 0 Å². The normalized spacial score (nSPS) is 15.1. The second kappa shape index (κ2) is 8.87. The summed E-state index contributed by atoms with van der Waals surface area (Å²) in [6, 6.07) is 7.61. The Morgan fingerprint density at radius 2 is 1.79 bits per heavy atom. The maximum Gasteiger partial charge on any atom is 0.243 e. The second-order valence-corrected chi connectivity index (χ2v) is 8.88. The molecule has 1 saturated heterocycles. The van der Waals surface area contributed by atoms with Crippen molar-refractivity contribution in [2.24, 2.45) is 0 Å². The van der Waals surface area contributed by atoms with Gasteiger partial charge in [-0.3, -0.25) is 4.79 Å². The van der Waals surface area contributed by atoms with Crippen LogP contribution in [-0.4, -0.2) is 38.3 Å². The van der Waals surface area contributed by atoms with Gasteiger partial charge in [-0.1, -0.05) is 12.5 Å². The molecule has 0 bridgehead atoms. The van der Waals surface area contributed by atoms with Gasteiger partial charge < -0.3 is 10.6 Å². The van der Waals surface area contributed by atoms with Crippen LogP contribution in [0.1, 0.15) is 24.8 Å². The van der Waals surface area contributed by atoms with Crippen LogP contribution in [0.15, 0.2) is 41.3 Å². The fraction of sp³-hybridized carbons (Fsp3) is 0.350. The first-order valence-corrected chi connectivity index (χ1v) is 10.8. The van der Waals surface area contributed by atoms with E-state index in [1.54, 1.807) is 19.1 Å². The highest BCUT2D eigenvalue weighted by atomic mass is 32.2. The summed E-state index contributed by atoms with van der Waals surface area (Å²) in [6.07, 6.45) is 2.70. The molecule has 0 saturated carbocycles. The largest absolute Gasteiger partial charge is 0.376 e. The molecule has 1 aliphatic rings. The molecule has 29 heavy (non-hydrogen) atoms. The number of carbonyl (C=O) groups is 1. The molecule has 3 rings (SSSR count). The predicted octanol–water partition coefficient (Wildman–Crippen LogP) is 3.50. The van der Waals surface area contributed by atoms with Crippen LogP contribution in [0, 0.1) is 18.6 Å². The molecule has 0 spiro atoms. The Kier molecular flexibility index (Phi) is 6.49. The number of benzene rings is 2. The Morgan fingerprint density at radius 1 is 1.07 bits per heavy atom. The predicted molar refractivity (Wildman–Crippen MR) is 107 cm³/mol. The monoisotopic (exact) mass is 423 g/mol. The third-order valence-corrected chi connectivity index (χ3v) is 6.82. The van der Waals surface area contributed by atoms with Gasteiger partial charge in [0.05, 0.1) is 17.1 Å². The maximum absolute atomic E-state index is 13.6. The number of piperidine rings is 1. The number of halogens is 2. The van der Waals surface area contributed by atoms with Crippen LogP contribution in [-0.2, 0) is 14.8 Å². The molecular formula is C20H23F2N3O3S. The van der Waals surface area contributed by atoms with E-state index in [4.69, 9.17) is 0 Å². The molecule has 0 aliphatic carbocycles. The zero-order valence-electron chi connectivity index (χ0n) is 16.0. The molecule has 2 N–H and O–H groups in total. The standard InChI is InChI=1S/C20H23F2N3O3S/c1-14-5-7-16(12-19(14)29(27,28)25-9-3-2-4-10-25)23-13-20(26)24-18-11-15(21)6-8-17(18)22/h5-8,11-12,23H,2-4,9-10,13H2,1H3,(H,24,26). The molecule has 0 radical (unpaired) electrons. The molecule has 6 nitrogen and oxygen atoms in total. The quantitative estimate of drug-likeness (QED) is 0.746. The van der Waals surface area contributed by atoms with Crippen molar-refractivity contribution < 1.29 is 22.0 Å². The minimum absolute atomic E-state index is 0.195. The average Bonchev–Trinajstić information content (AvgIpc) is 2.70. The van der Waals surface area contributed by atoms with Crippen molar-refractivity contribution >= 4 is 27.3 Å². The van der Waals surface area contributed by atoms with E-state index in [2.05, 4.69) is 10.6 Å². The van der Waals surface area contributed by atoms with E-state index in [1.807, 2.05) is 0 Å². The summed E-state index contributed by atoms with van der Waals surface area (Å²) in [5.41, 5.74) is 0.808. The van der Waals surface area contributed by atoms with Gasteiger partial charge in [0.15, 0.2) is 0 Å². The van der Waals surface area contributed by atoms with E-state index in [9.17, 15) is 22.0 Å². The number of anilines is 2. The van der Waals surface area contributed by atoms with Gasteiger partial charge in [0.25, 0.3) is 0 Å². The van der Waals surface area contributed by atoms with E-state index in [0.717, 1.165) is 37.5 Å². The van der Waals surface area contributed by atoms with Gasteiger partial charge in [0.2, 0.25) is 15.9 Å². The minimum atomic E-state index is -3.61. The molecular weight excluding hydrogens is 400 g/mol. The van der Waals surface area contributed by atoms with Crippen molar-refractivity contribution in [2.45, 2.75) is 31.1 Å². The Morgan fingerprint density at radius 3 is 2.52 bits per heavy atom. The summed E-state index contributed by atoms with van der Waals surface area (Å²) in [4.78, 5) is 12.3. The number of nitrogens with zero attached hydrogens (tertiary/aromatic N) is 1. The Bertz CT molecular complexity index is 1010. The Labute approximate surface area is 169 Å².